The van der Waals surface area contributed by atoms with Crippen LogP contribution in [0.15, 0.2) is 70.1 Å². The first-order valence-electron chi connectivity index (χ1n) is 9.09. The first-order chi connectivity index (χ1) is 13.7. The van der Waals surface area contributed by atoms with Gasteiger partial charge in [-0.2, -0.15) is 0 Å². The number of carboxylic acids is 1. The first-order valence-corrected chi connectivity index (χ1v) is 9.09. The van der Waals surface area contributed by atoms with Gasteiger partial charge in [0.2, 0.25) is 0 Å². The van der Waals surface area contributed by atoms with Gasteiger partial charge in [0.15, 0.2) is 0 Å². The van der Waals surface area contributed by atoms with Gasteiger partial charge < -0.3 is 19.2 Å². The fourth-order valence-corrected chi connectivity index (χ4v) is 3.09. The van der Waals surface area contributed by atoms with Crippen LogP contribution in [-0.4, -0.2) is 43.6 Å². The third-order valence-electron chi connectivity index (χ3n) is 4.59. The number of carboxylic acid groups (broad SMARTS) is 1. The number of hydrogen-bond acceptors (Lipinski definition) is 5. The molecular weight excluding hydrogens is 356 g/mol. The lowest BCUT2D eigenvalue weighted by Crippen LogP contribution is -2.36. The maximum atomic E-state index is 11.1. The monoisotopic (exact) mass is 376 g/mol. The van der Waals surface area contributed by atoms with Crippen LogP contribution in [0.25, 0.3) is 11.3 Å². The van der Waals surface area contributed by atoms with E-state index in [0.717, 1.165) is 37.6 Å². The van der Waals surface area contributed by atoms with Crippen molar-refractivity contribution in [1.29, 1.82) is 0 Å². The molecule has 1 fully saturated rings. The molecule has 4 rings (SSSR count). The molecule has 3 aromatic rings. The van der Waals surface area contributed by atoms with Crippen LogP contribution in [0.4, 0.5) is 11.4 Å². The van der Waals surface area contributed by atoms with E-state index in [9.17, 15) is 4.79 Å². The van der Waals surface area contributed by atoms with Crippen molar-refractivity contribution in [1.82, 2.24) is 0 Å². The summed E-state index contributed by atoms with van der Waals surface area (Å²) in [4.78, 5) is 17.9. The van der Waals surface area contributed by atoms with Gasteiger partial charge in [-0.3, -0.25) is 4.99 Å². The van der Waals surface area contributed by atoms with Crippen LogP contribution < -0.4 is 4.90 Å². The lowest BCUT2D eigenvalue weighted by Gasteiger charge is -2.28. The second-order valence-electron chi connectivity index (χ2n) is 6.46. The molecule has 1 N–H and O–H groups in total. The molecule has 0 amide bonds. The van der Waals surface area contributed by atoms with Crippen LogP contribution in [0.2, 0.25) is 0 Å². The summed E-state index contributed by atoms with van der Waals surface area (Å²) in [5, 5.41) is 9.11. The number of hydrogen-bond donors (Lipinski definition) is 1. The number of aliphatic imine (C=N–C) groups is 1. The highest BCUT2D eigenvalue weighted by molar-refractivity contribution is 5.89. The van der Waals surface area contributed by atoms with Gasteiger partial charge in [-0.25, -0.2) is 4.79 Å². The molecule has 0 radical (unpaired) electrons. The third kappa shape index (κ3) is 4.13. The second-order valence-corrected chi connectivity index (χ2v) is 6.46. The SMILES string of the molecule is O=C(O)c1cccc(-c2ccc(C=Nc3ccc(N4CCOCC4)cc3)o2)c1. The van der Waals surface area contributed by atoms with Crippen molar-refractivity contribution in [2.24, 2.45) is 4.99 Å². The maximum Gasteiger partial charge on any atom is 0.335 e. The molecule has 0 saturated carbocycles. The Morgan fingerprint density at radius 2 is 1.82 bits per heavy atom. The normalized spacial score (nSPS) is 14.5. The van der Waals surface area contributed by atoms with E-state index < -0.39 is 5.97 Å². The summed E-state index contributed by atoms with van der Waals surface area (Å²) < 4.78 is 11.2. The fraction of sp³-hybridized carbons (Fsp3) is 0.182. The Morgan fingerprint density at radius 3 is 2.57 bits per heavy atom. The molecular formula is C22H20N2O4. The molecule has 0 atom stereocenters. The molecule has 6 heteroatoms. The Hall–Kier alpha value is -3.38. The number of rotatable bonds is 5. The van der Waals surface area contributed by atoms with Crippen molar-refractivity contribution in [2.45, 2.75) is 0 Å². The standard InChI is InChI=1S/C22H20N2O4/c25-22(26)17-3-1-2-16(14-17)21-9-8-20(28-21)15-23-18-4-6-19(7-5-18)24-10-12-27-13-11-24/h1-9,14-15H,10-13H2,(H,25,26). The predicted octanol–water partition coefficient (Wildman–Crippen LogP) is 4.23. The molecule has 6 nitrogen and oxygen atoms in total. The molecule has 28 heavy (non-hydrogen) atoms. The van der Waals surface area contributed by atoms with Gasteiger partial charge in [-0.05, 0) is 48.5 Å². The summed E-state index contributed by atoms with van der Waals surface area (Å²) in [7, 11) is 0. The summed E-state index contributed by atoms with van der Waals surface area (Å²) >= 11 is 0. The van der Waals surface area contributed by atoms with Crippen molar-refractivity contribution in [3.63, 3.8) is 0 Å². The number of ether oxygens (including phenoxy) is 1. The number of anilines is 1. The van der Waals surface area contributed by atoms with Gasteiger partial charge in [0, 0.05) is 24.3 Å². The molecule has 1 saturated heterocycles. The van der Waals surface area contributed by atoms with Crippen molar-refractivity contribution in [2.75, 3.05) is 31.2 Å². The lowest BCUT2D eigenvalue weighted by atomic mass is 10.1. The minimum atomic E-state index is -0.962. The van der Waals surface area contributed by atoms with Gasteiger partial charge in [0.1, 0.15) is 11.5 Å². The molecule has 0 bridgehead atoms. The van der Waals surface area contributed by atoms with Gasteiger partial charge >= 0.3 is 5.97 Å². The summed E-state index contributed by atoms with van der Waals surface area (Å²) in [5.74, 6) is 0.246. The average molecular weight is 376 g/mol. The summed E-state index contributed by atoms with van der Waals surface area (Å²) in [6.45, 7) is 3.33. The third-order valence-corrected chi connectivity index (χ3v) is 4.59. The van der Waals surface area contributed by atoms with Crippen LogP contribution >= 0.6 is 0 Å². The smallest absolute Gasteiger partial charge is 0.335 e. The van der Waals surface area contributed by atoms with E-state index in [1.165, 1.54) is 5.69 Å². The molecule has 0 aliphatic carbocycles. The van der Waals surface area contributed by atoms with Crippen molar-refractivity contribution < 1.29 is 19.1 Å². The molecule has 1 aliphatic rings. The molecule has 2 heterocycles. The van der Waals surface area contributed by atoms with E-state index >= 15 is 0 Å². The van der Waals surface area contributed by atoms with E-state index in [-0.39, 0.29) is 5.56 Å². The van der Waals surface area contributed by atoms with Gasteiger partial charge in [-0.1, -0.05) is 12.1 Å². The van der Waals surface area contributed by atoms with Crippen molar-refractivity contribution in [3.05, 3.63) is 72.0 Å². The average Bonchev–Trinajstić information content (AvgIpc) is 3.22. The zero-order valence-electron chi connectivity index (χ0n) is 15.2. The summed E-state index contributed by atoms with van der Waals surface area (Å²) in [5.41, 5.74) is 2.95. The Balaban J connectivity index is 1.45. The summed E-state index contributed by atoms with van der Waals surface area (Å²) in [6, 6.07) is 18.3. The highest BCUT2D eigenvalue weighted by atomic mass is 16.5. The zero-order valence-corrected chi connectivity index (χ0v) is 15.2. The minimum absolute atomic E-state index is 0.226. The van der Waals surface area contributed by atoms with E-state index in [2.05, 4.69) is 22.0 Å². The quantitative estimate of drug-likeness (QED) is 0.675. The minimum Gasteiger partial charge on any atom is -0.478 e. The van der Waals surface area contributed by atoms with Crippen LogP contribution in [0.3, 0.4) is 0 Å². The van der Waals surface area contributed by atoms with Crippen LogP contribution in [0, 0.1) is 0 Å². The fourth-order valence-electron chi connectivity index (χ4n) is 3.09. The van der Waals surface area contributed by atoms with E-state index in [4.69, 9.17) is 14.3 Å². The number of aromatic carboxylic acids is 1. The number of furan rings is 1. The largest absolute Gasteiger partial charge is 0.478 e. The van der Waals surface area contributed by atoms with Crippen molar-refractivity contribution in [3.8, 4) is 11.3 Å². The Labute approximate surface area is 162 Å². The van der Waals surface area contributed by atoms with Crippen LogP contribution in [-0.2, 0) is 4.74 Å². The molecule has 1 aromatic heterocycles. The second kappa shape index (κ2) is 8.10. The van der Waals surface area contributed by atoms with Crippen molar-refractivity contribution >= 4 is 23.6 Å². The number of carbonyl (C=O) groups is 1. The van der Waals surface area contributed by atoms with Crippen LogP contribution in [0.5, 0.6) is 0 Å². The molecule has 0 spiro atoms. The molecule has 1 aliphatic heterocycles. The lowest BCUT2D eigenvalue weighted by molar-refractivity contribution is 0.0697. The Bertz CT molecular complexity index is 986. The predicted molar refractivity (Wildman–Crippen MR) is 108 cm³/mol. The van der Waals surface area contributed by atoms with E-state index in [0.29, 0.717) is 11.5 Å². The number of morpholine rings is 1. The van der Waals surface area contributed by atoms with E-state index in [1.54, 1.807) is 24.4 Å². The summed E-state index contributed by atoms with van der Waals surface area (Å²) in [6.07, 6.45) is 1.66. The highest BCUT2D eigenvalue weighted by Gasteiger charge is 2.11. The maximum absolute atomic E-state index is 11.1. The molecule has 2 aromatic carbocycles. The topological polar surface area (TPSA) is 75.3 Å². The first kappa shape index (κ1) is 18.0. The molecule has 0 unspecified atom stereocenters. The van der Waals surface area contributed by atoms with Gasteiger partial charge in [0.05, 0.1) is 30.7 Å². The van der Waals surface area contributed by atoms with Gasteiger partial charge in [-0.15, -0.1) is 0 Å². The zero-order chi connectivity index (χ0) is 19.3. The Kier molecular flexibility index (Phi) is 5.21. The number of benzene rings is 2. The van der Waals surface area contributed by atoms with Gasteiger partial charge in [0.25, 0.3) is 0 Å². The Morgan fingerprint density at radius 1 is 1.04 bits per heavy atom. The van der Waals surface area contributed by atoms with E-state index in [1.807, 2.05) is 30.3 Å². The molecule has 142 valence electrons. The number of nitrogens with zero attached hydrogens (tertiary/aromatic N) is 2. The highest BCUT2D eigenvalue weighted by Crippen LogP contribution is 2.24. The van der Waals surface area contributed by atoms with Crippen LogP contribution in [0.1, 0.15) is 16.1 Å².